The zero-order chi connectivity index (χ0) is 16.5. The van der Waals surface area contributed by atoms with Crippen LogP contribution in [0.3, 0.4) is 0 Å². The molecule has 0 aromatic heterocycles. The van der Waals surface area contributed by atoms with E-state index in [-0.39, 0.29) is 10.2 Å². The summed E-state index contributed by atoms with van der Waals surface area (Å²) in [5, 5.41) is -0.0398. The van der Waals surface area contributed by atoms with Crippen LogP contribution in [0, 0.1) is 0 Å². The third-order valence-corrected chi connectivity index (χ3v) is 3.18. The van der Waals surface area contributed by atoms with Crippen LogP contribution in [0.1, 0.15) is 19.4 Å². The van der Waals surface area contributed by atoms with Gasteiger partial charge in [0, 0.05) is 19.6 Å². The molecule has 0 aliphatic carbocycles. The van der Waals surface area contributed by atoms with Gasteiger partial charge >= 0.3 is 10.1 Å². The summed E-state index contributed by atoms with van der Waals surface area (Å²) in [5.74, 6) is 1.03. The first kappa shape index (κ1) is 20.0. The van der Waals surface area contributed by atoms with Gasteiger partial charge in [0.25, 0.3) is 0 Å². The van der Waals surface area contributed by atoms with Crippen molar-refractivity contribution in [1.29, 1.82) is 0 Å². The summed E-state index contributed by atoms with van der Waals surface area (Å²) >= 11 is 4.60. The topological polar surface area (TPSA) is 77.5 Å². The highest BCUT2D eigenvalue weighted by molar-refractivity contribution is 8.13. The van der Waals surface area contributed by atoms with E-state index < -0.39 is 10.1 Å². The number of hydrogen-bond donors (Lipinski definition) is 1. The predicted octanol–water partition coefficient (Wildman–Crippen LogP) is 2.31. The quantitative estimate of drug-likeness (QED) is 0.649. The third kappa shape index (κ3) is 13.7. The molecule has 21 heavy (non-hydrogen) atoms. The van der Waals surface area contributed by atoms with Crippen molar-refractivity contribution < 1.29 is 22.2 Å². The fourth-order valence-electron chi connectivity index (χ4n) is 1.20. The van der Waals surface area contributed by atoms with Crippen LogP contribution >= 0.6 is 24.4 Å². The summed E-state index contributed by atoms with van der Waals surface area (Å²) in [6.45, 7) is 2.93. The Hall–Kier alpha value is -0.990. The van der Waals surface area contributed by atoms with Crippen molar-refractivity contribution in [2.45, 2.75) is 20.3 Å². The Morgan fingerprint density at radius 2 is 1.67 bits per heavy atom. The van der Waals surface area contributed by atoms with Crippen LogP contribution in [-0.4, -0.2) is 30.7 Å². The van der Waals surface area contributed by atoms with Crippen molar-refractivity contribution in [3.8, 4) is 5.75 Å². The van der Waals surface area contributed by atoms with Gasteiger partial charge in [0.2, 0.25) is 0 Å². The third-order valence-electron chi connectivity index (χ3n) is 1.87. The standard InChI is InChI=1S/C11H14O4S2.C2H4OS/c1-9(12)16-8-7-10-3-5-11(6-4-10)15-17(2,13)14;1-2(3)4/h3-6H,7-8H2,1-2H3;1H3,(H,3,4). The molecular weight excluding hydrogens is 332 g/mol. The molecule has 0 unspecified atom stereocenters. The second-order valence-electron chi connectivity index (χ2n) is 4.04. The zero-order valence-corrected chi connectivity index (χ0v) is 14.6. The van der Waals surface area contributed by atoms with E-state index >= 15 is 0 Å². The van der Waals surface area contributed by atoms with Gasteiger partial charge in [-0.15, -0.1) is 12.6 Å². The van der Waals surface area contributed by atoms with E-state index in [0.717, 1.165) is 24.0 Å². The molecule has 0 amide bonds. The minimum atomic E-state index is -3.47. The Morgan fingerprint density at radius 3 is 2.05 bits per heavy atom. The van der Waals surface area contributed by atoms with Crippen LogP contribution in [0.5, 0.6) is 5.75 Å². The number of carbonyl (C=O) groups excluding carboxylic acids is 2. The van der Waals surface area contributed by atoms with Gasteiger partial charge in [-0.05, 0) is 24.1 Å². The largest absolute Gasteiger partial charge is 0.383 e. The molecule has 5 nitrogen and oxygen atoms in total. The minimum absolute atomic E-state index is 0.0991. The summed E-state index contributed by atoms with van der Waals surface area (Å²) in [6, 6.07) is 6.80. The van der Waals surface area contributed by atoms with Crippen LogP contribution in [-0.2, 0) is 26.1 Å². The molecule has 0 fully saturated rings. The zero-order valence-electron chi connectivity index (χ0n) is 12.0. The monoisotopic (exact) mass is 350 g/mol. The number of benzene rings is 1. The second-order valence-corrected chi connectivity index (χ2v) is 7.52. The van der Waals surface area contributed by atoms with Crippen molar-refractivity contribution >= 4 is 44.7 Å². The van der Waals surface area contributed by atoms with Gasteiger partial charge in [-0.1, -0.05) is 23.9 Å². The lowest BCUT2D eigenvalue weighted by molar-refractivity contribution is -0.109. The molecule has 0 spiro atoms. The van der Waals surface area contributed by atoms with Gasteiger partial charge in [-0.3, -0.25) is 9.59 Å². The summed E-state index contributed by atoms with van der Waals surface area (Å²) in [6.07, 6.45) is 1.77. The second kappa shape index (κ2) is 9.86. The predicted molar refractivity (Wildman–Crippen MR) is 88.4 cm³/mol. The number of hydrogen-bond acceptors (Lipinski definition) is 6. The Balaban J connectivity index is 0.000000885. The lowest BCUT2D eigenvalue weighted by atomic mass is 10.2. The highest BCUT2D eigenvalue weighted by Gasteiger charge is 2.04. The van der Waals surface area contributed by atoms with E-state index in [2.05, 4.69) is 12.6 Å². The van der Waals surface area contributed by atoms with Crippen molar-refractivity contribution in [2.75, 3.05) is 12.0 Å². The van der Waals surface area contributed by atoms with Crippen LogP contribution in [0.2, 0.25) is 0 Å². The molecule has 1 aromatic rings. The highest BCUT2D eigenvalue weighted by atomic mass is 32.2. The lowest BCUT2D eigenvalue weighted by Gasteiger charge is -2.04. The maximum absolute atomic E-state index is 10.9. The number of rotatable bonds is 5. The maximum atomic E-state index is 10.9. The summed E-state index contributed by atoms with van der Waals surface area (Å²) in [5.41, 5.74) is 1.04. The van der Waals surface area contributed by atoms with Gasteiger partial charge in [0.1, 0.15) is 5.75 Å². The molecule has 0 aliphatic rings. The van der Waals surface area contributed by atoms with Gasteiger partial charge in [0.05, 0.1) is 6.26 Å². The van der Waals surface area contributed by atoms with Gasteiger partial charge in [-0.25, -0.2) is 0 Å². The highest BCUT2D eigenvalue weighted by Crippen LogP contribution is 2.15. The number of thiol groups is 1. The summed E-state index contributed by atoms with van der Waals surface area (Å²) < 4.78 is 26.5. The molecule has 1 rings (SSSR count). The first-order chi connectivity index (χ1) is 9.60. The Bertz CT molecular complexity index is 560. The molecule has 0 bridgehead atoms. The molecule has 0 radical (unpaired) electrons. The van der Waals surface area contributed by atoms with Gasteiger partial charge < -0.3 is 4.18 Å². The van der Waals surface area contributed by atoms with Gasteiger partial charge in [0.15, 0.2) is 10.2 Å². The molecule has 0 saturated heterocycles. The van der Waals surface area contributed by atoms with E-state index in [1.165, 1.54) is 25.6 Å². The maximum Gasteiger partial charge on any atom is 0.306 e. The SMILES string of the molecule is CC(=O)S.CC(=O)SCCc1ccc(OS(C)(=O)=O)cc1. The number of aryl methyl sites for hydroxylation is 1. The fourth-order valence-corrected chi connectivity index (χ4v) is 2.28. The lowest BCUT2D eigenvalue weighted by Crippen LogP contribution is -2.05. The molecule has 0 N–H and O–H groups in total. The molecular formula is C13H18O5S3. The smallest absolute Gasteiger partial charge is 0.306 e. The molecule has 1 aromatic carbocycles. The van der Waals surface area contributed by atoms with Crippen LogP contribution in [0.4, 0.5) is 0 Å². The molecule has 0 aliphatic heterocycles. The van der Waals surface area contributed by atoms with E-state index in [1.54, 1.807) is 24.3 Å². The van der Waals surface area contributed by atoms with Crippen LogP contribution in [0.15, 0.2) is 24.3 Å². The van der Waals surface area contributed by atoms with Crippen molar-refractivity contribution in [3.63, 3.8) is 0 Å². The first-order valence-electron chi connectivity index (χ1n) is 5.91. The molecule has 0 atom stereocenters. The Labute approximate surface area is 135 Å². The van der Waals surface area contributed by atoms with Gasteiger partial charge in [-0.2, -0.15) is 8.42 Å². The van der Waals surface area contributed by atoms with Crippen LogP contribution in [0.25, 0.3) is 0 Å². The fraction of sp³-hybridized carbons (Fsp3) is 0.385. The van der Waals surface area contributed by atoms with Crippen molar-refractivity contribution in [1.82, 2.24) is 0 Å². The van der Waals surface area contributed by atoms with E-state index in [9.17, 15) is 18.0 Å². The normalized spacial score (nSPS) is 10.3. The summed E-state index contributed by atoms with van der Waals surface area (Å²) in [4.78, 5) is 20.0. The number of carbonyl (C=O) groups is 2. The van der Waals surface area contributed by atoms with Crippen molar-refractivity contribution in [3.05, 3.63) is 29.8 Å². The minimum Gasteiger partial charge on any atom is -0.383 e. The van der Waals surface area contributed by atoms with E-state index in [4.69, 9.17) is 4.18 Å². The Morgan fingerprint density at radius 1 is 1.19 bits per heavy atom. The van der Waals surface area contributed by atoms with Crippen molar-refractivity contribution in [2.24, 2.45) is 0 Å². The molecule has 118 valence electrons. The molecule has 8 heteroatoms. The Kier molecular flexibility index (Phi) is 9.39. The van der Waals surface area contributed by atoms with E-state index in [0.29, 0.717) is 5.75 Å². The molecule has 0 heterocycles. The summed E-state index contributed by atoms with van der Waals surface area (Å²) in [7, 11) is -3.47. The molecule has 0 saturated carbocycles. The number of thioether (sulfide) groups is 1. The van der Waals surface area contributed by atoms with E-state index in [1.807, 2.05) is 0 Å². The van der Waals surface area contributed by atoms with Crippen LogP contribution < -0.4 is 4.18 Å². The first-order valence-corrected chi connectivity index (χ1v) is 9.16. The average molecular weight is 350 g/mol. The average Bonchev–Trinajstić information content (AvgIpc) is 2.28.